The smallest absolute Gasteiger partial charge is 0.173 e. The van der Waals surface area contributed by atoms with E-state index in [1.54, 1.807) is 6.20 Å². The van der Waals surface area contributed by atoms with Crippen LogP contribution in [0.4, 0.5) is 0 Å². The molecule has 0 saturated heterocycles. The van der Waals surface area contributed by atoms with E-state index in [-0.39, 0.29) is 12.4 Å². The van der Waals surface area contributed by atoms with Crippen molar-refractivity contribution < 1.29 is 9.84 Å². The minimum Gasteiger partial charge on any atom is -0.472 e. The Morgan fingerprint density at radius 1 is 1.42 bits per heavy atom. The molecular formula is C13H19ClN2O2S. The van der Waals surface area contributed by atoms with E-state index in [4.69, 9.17) is 10.5 Å². The lowest BCUT2D eigenvalue weighted by atomic mass is 10.1. The second-order valence-electron chi connectivity index (χ2n) is 4.77. The number of aliphatic hydroxyl groups excluding tert-OH is 1. The highest BCUT2D eigenvalue weighted by Crippen LogP contribution is 2.28. The molecule has 0 spiro atoms. The molecule has 2 unspecified atom stereocenters. The molecule has 4 nitrogen and oxygen atoms in total. The fourth-order valence-electron chi connectivity index (χ4n) is 1.81. The summed E-state index contributed by atoms with van der Waals surface area (Å²) in [6.07, 6.45) is 1.01. The molecule has 0 aliphatic heterocycles. The van der Waals surface area contributed by atoms with Crippen LogP contribution in [0.25, 0.3) is 10.1 Å². The fourth-order valence-corrected chi connectivity index (χ4v) is 2.47. The summed E-state index contributed by atoms with van der Waals surface area (Å²) >= 11 is 1.41. The van der Waals surface area contributed by atoms with Gasteiger partial charge in [-0.25, -0.2) is 0 Å². The van der Waals surface area contributed by atoms with E-state index in [0.717, 1.165) is 10.1 Å². The monoisotopic (exact) mass is 302 g/mol. The summed E-state index contributed by atoms with van der Waals surface area (Å²) in [6.45, 7) is 4.08. The van der Waals surface area contributed by atoms with Crippen molar-refractivity contribution in [3.05, 3.63) is 24.4 Å². The van der Waals surface area contributed by atoms with E-state index < -0.39 is 12.3 Å². The molecule has 0 saturated carbocycles. The summed E-state index contributed by atoms with van der Waals surface area (Å²) in [5, 5.41) is 10.8. The van der Waals surface area contributed by atoms with Crippen molar-refractivity contribution in [2.24, 2.45) is 11.7 Å². The Balaban J connectivity index is 0.00000180. The number of hydrogen-bond acceptors (Lipinski definition) is 5. The van der Waals surface area contributed by atoms with Crippen LogP contribution in [0.3, 0.4) is 0 Å². The lowest BCUT2D eigenvalue weighted by Crippen LogP contribution is -2.40. The first-order valence-corrected chi connectivity index (χ1v) is 6.79. The van der Waals surface area contributed by atoms with Crippen LogP contribution < -0.4 is 10.5 Å². The molecule has 0 amide bonds. The van der Waals surface area contributed by atoms with E-state index >= 15 is 0 Å². The first-order valence-electron chi connectivity index (χ1n) is 6.01. The summed E-state index contributed by atoms with van der Waals surface area (Å²) in [6, 6.07) is 5.73. The molecule has 0 radical (unpaired) electrons. The van der Waals surface area contributed by atoms with Crippen molar-refractivity contribution in [3.63, 3.8) is 0 Å². The summed E-state index contributed by atoms with van der Waals surface area (Å²) < 4.78 is 10.8. The Morgan fingerprint density at radius 2 is 2.16 bits per heavy atom. The second kappa shape index (κ2) is 7.05. The van der Waals surface area contributed by atoms with Gasteiger partial charge in [0.05, 0.1) is 16.3 Å². The van der Waals surface area contributed by atoms with E-state index in [1.807, 2.05) is 32.0 Å². The van der Waals surface area contributed by atoms with Crippen LogP contribution in [-0.4, -0.2) is 21.8 Å². The molecule has 0 aliphatic rings. The normalized spacial score (nSPS) is 14.2. The molecule has 0 aliphatic carbocycles. The maximum absolute atomic E-state index is 9.91. The van der Waals surface area contributed by atoms with Gasteiger partial charge in [0, 0.05) is 0 Å². The van der Waals surface area contributed by atoms with Crippen molar-refractivity contribution in [1.82, 2.24) is 4.37 Å². The van der Waals surface area contributed by atoms with Gasteiger partial charge in [0.25, 0.3) is 0 Å². The van der Waals surface area contributed by atoms with Gasteiger partial charge in [0.1, 0.15) is 11.9 Å². The number of halogens is 1. The minimum absolute atomic E-state index is 0. The number of nitrogens with zero attached hydrogens (tertiary/aromatic N) is 1. The zero-order valence-corrected chi connectivity index (χ0v) is 12.6. The van der Waals surface area contributed by atoms with E-state index in [0.29, 0.717) is 18.1 Å². The zero-order valence-electron chi connectivity index (χ0n) is 10.9. The quantitative estimate of drug-likeness (QED) is 0.833. The molecule has 19 heavy (non-hydrogen) atoms. The number of benzene rings is 1. The topological polar surface area (TPSA) is 68.4 Å². The fraction of sp³-hybridized carbons (Fsp3) is 0.462. The molecule has 1 heterocycles. The summed E-state index contributed by atoms with van der Waals surface area (Å²) in [7, 11) is 0. The van der Waals surface area contributed by atoms with Crippen molar-refractivity contribution >= 4 is 34.0 Å². The molecule has 1 aromatic carbocycles. The standard InChI is InChI=1S/C13H18N2O2S.ClH/c1-8(2)6-10(16)13(14)17-11-4-3-5-12-9(11)7-15-18-12;/h3-5,7-8,10,13,16H,6,14H2,1-2H3;1H. The van der Waals surface area contributed by atoms with Gasteiger partial charge >= 0.3 is 0 Å². The lowest BCUT2D eigenvalue weighted by Gasteiger charge is -2.21. The molecule has 1 aromatic heterocycles. The van der Waals surface area contributed by atoms with Gasteiger partial charge < -0.3 is 9.84 Å². The minimum atomic E-state index is -0.710. The molecule has 2 atom stereocenters. The Hall–Kier alpha value is -0.880. The van der Waals surface area contributed by atoms with Crippen LogP contribution in [0.15, 0.2) is 24.4 Å². The highest BCUT2D eigenvalue weighted by molar-refractivity contribution is 7.13. The highest BCUT2D eigenvalue weighted by Gasteiger charge is 2.18. The molecule has 0 fully saturated rings. The number of aliphatic hydroxyl groups is 1. The molecule has 6 heteroatoms. The molecule has 2 aromatic rings. The zero-order chi connectivity index (χ0) is 13.1. The number of aromatic nitrogens is 1. The third-order valence-electron chi connectivity index (χ3n) is 2.71. The van der Waals surface area contributed by atoms with Crippen molar-refractivity contribution in [3.8, 4) is 5.75 Å². The first-order chi connectivity index (χ1) is 8.58. The van der Waals surface area contributed by atoms with Gasteiger partial charge in [-0.1, -0.05) is 19.9 Å². The third-order valence-corrected chi connectivity index (χ3v) is 3.48. The highest BCUT2D eigenvalue weighted by atomic mass is 35.5. The van der Waals surface area contributed by atoms with Crippen LogP contribution in [0.2, 0.25) is 0 Å². The van der Waals surface area contributed by atoms with Gasteiger partial charge in [-0.05, 0) is 36.0 Å². The van der Waals surface area contributed by atoms with Crippen LogP contribution in [-0.2, 0) is 0 Å². The van der Waals surface area contributed by atoms with Crippen LogP contribution >= 0.6 is 23.9 Å². The van der Waals surface area contributed by atoms with E-state index in [2.05, 4.69) is 4.37 Å². The number of hydrogen-bond donors (Lipinski definition) is 2. The lowest BCUT2D eigenvalue weighted by molar-refractivity contribution is 0.0277. The average Bonchev–Trinajstić information content (AvgIpc) is 2.77. The van der Waals surface area contributed by atoms with Crippen LogP contribution in [0.1, 0.15) is 20.3 Å². The predicted octanol–water partition coefficient (Wildman–Crippen LogP) is 2.79. The number of fused-ring (bicyclic) bond motifs is 1. The maximum Gasteiger partial charge on any atom is 0.173 e. The van der Waals surface area contributed by atoms with Gasteiger partial charge in [0.15, 0.2) is 6.23 Å². The maximum atomic E-state index is 9.91. The SMILES string of the molecule is CC(C)CC(O)C(N)Oc1cccc2sncc12.Cl. The Bertz CT molecular complexity index is 518. The van der Waals surface area contributed by atoms with Crippen LogP contribution in [0, 0.1) is 5.92 Å². The summed E-state index contributed by atoms with van der Waals surface area (Å²) in [5.41, 5.74) is 5.87. The van der Waals surface area contributed by atoms with Crippen molar-refractivity contribution in [1.29, 1.82) is 0 Å². The molecule has 0 bridgehead atoms. The molecule has 3 N–H and O–H groups in total. The van der Waals surface area contributed by atoms with Crippen molar-refractivity contribution in [2.75, 3.05) is 0 Å². The van der Waals surface area contributed by atoms with Crippen LogP contribution in [0.5, 0.6) is 5.75 Å². The summed E-state index contributed by atoms with van der Waals surface area (Å²) in [4.78, 5) is 0. The first kappa shape index (κ1) is 16.2. The second-order valence-corrected chi connectivity index (χ2v) is 5.61. The molecule has 2 rings (SSSR count). The Kier molecular flexibility index (Phi) is 6.00. The molecule has 106 valence electrons. The van der Waals surface area contributed by atoms with Crippen molar-refractivity contribution in [2.45, 2.75) is 32.6 Å². The molecular weight excluding hydrogens is 284 g/mol. The third kappa shape index (κ3) is 4.04. The Morgan fingerprint density at radius 3 is 2.84 bits per heavy atom. The average molecular weight is 303 g/mol. The van der Waals surface area contributed by atoms with Gasteiger partial charge in [-0.3, -0.25) is 5.73 Å². The largest absolute Gasteiger partial charge is 0.472 e. The predicted molar refractivity (Wildman–Crippen MR) is 80.9 cm³/mol. The van der Waals surface area contributed by atoms with Gasteiger partial charge in [-0.15, -0.1) is 12.4 Å². The Labute approximate surface area is 123 Å². The number of nitrogens with two attached hydrogens (primary N) is 1. The number of rotatable bonds is 5. The van der Waals surface area contributed by atoms with E-state index in [9.17, 15) is 5.11 Å². The van der Waals surface area contributed by atoms with Gasteiger partial charge in [-0.2, -0.15) is 4.37 Å². The summed E-state index contributed by atoms with van der Waals surface area (Å²) in [5.74, 6) is 1.06. The van der Waals surface area contributed by atoms with E-state index in [1.165, 1.54) is 11.5 Å². The number of ether oxygens (including phenoxy) is 1. The van der Waals surface area contributed by atoms with Gasteiger partial charge in [0.2, 0.25) is 0 Å².